The molecule has 1 aromatic carbocycles. The van der Waals surface area contributed by atoms with E-state index < -0.39 is 58.4 Å². The van der Waals surface area contributed by atoms with Gasteiger partial charge in [0, 0.05) is 6.08 Å². The van der Waals surface area contributed by atoms with Gasteiger partial charge in [0.05, 0.1) is 5.56 Å². The van der Waals surface area contributed by atoms with Crippen molar-refractivity contribution >= 4 is 0 Å². The molecule has 1 aliphatic heterocycles. The zero-order valence-electron chi connectivity index (χ0n) is 9.03. The number of benzene rings is 1. The van der Waals surface area contributed by atoms with Gasteiger partial charge in [0.2, 0.25) is 23.2 Å². The van der Waals surface area contributed by atoms with E-state index in [4.69, 9.17) is 0 Å². The van der Waals surface area contributed by atoms with Crippen LogP contribution in [0.3, 0.4) is 0 Å². The summed E-state index contributed by atoms with van der Waals surface area (Å²) in [5.41, 5.74) is -1.69. The summed E-state index contributed by atoms with van der Waals surface area (Å²) >= 11 is 0. The van der Waals surface area contributed by atoms with E-state index in [1.807, 2.05) is 0 Å². The maximum absolute atomic E-state index is 13.4. The molecule has 0 saturated heterocycles. The molecule has 0 radical (unpaired) electrons. The van der Waals surface area contributed by atoms with E-state index in [1.54, 1.807) is 0 Å². The maximum atomic E-state index is 13.4. The van der Waals surface area contributed by atoms with E-state index >= 15 is 0 Å². The molecule has 1 aromatic rings. The van der Waals surface area contributed by atoms with Gasteiger partial charge in [-0.15, -0.1) is 0 Å². The lowest BCUT2D eigenvalue weighted by molar-refractivity contribution is -0.156. The largest absolute Gasteiger partial charge is 0.449 e. The topological polar surface area (TPSA) is 49.7 Å². The Morgan fingerprint density at radius 3 is 1.90 bits per heavy atom. The molecule has 10 heteroatoms. The standard InChI is InChI=1S/C10H3F7O3/c11-4-3-8(7(14)6(13)5(4)12)20-2(10(15,16)17)1-9(3,18)19/h1,18-19H. The summed E-state index contributed by atoms with van der Waals surface area (Å²) in [6, 6.07) is 0. The lowest BCUT2D eigenvalue weighted by Crippen LogP contribution is -2.34. The molecule has 0 bridgehead atoms. The summed E-state index contributed by atoms with van der Waals surface area (Å²) in [6.07, 6.45) is -5.70. The zero-order valence-corrected chi connectivity index (χ0v) is 9.03. The van der Waals surface area contributed by atoms with Crippen LogP contribution >= 0.6 is 0 Å². The molecule has 1 aliphatic rings. The van der Waals surface area contributed by atoms with Crippen molar-refractivity contribution < 1.29 is 45.7 Å². The summed E-state index contributed by atoms with van der Waals surface area (Å²) < 4.78 is 93.6. The second-order valence-corrected chi connectivity index (χ2v) is 3.79. The number of aliphatic hydroxyl groups is 2. The summed E-state index contributed by atoms with van der Waals surface area (Å²) in [7, 11) is 0. The number of allylic oxidation sites excluding steroid dienone is 1. The van der Waals surface area contributed by atoms with Crippen LogP contribution < -0.4 is 4.74 Å². The molecular weight excluding hydrogens is 301 g/mol. The third-order valence-electron chi connectivity index (χ3n) is 2.42. The van der Waals surface area contributed by atoms with Crippen LogP contribution in [0.15, 0.2) is 11.8 Å². The highest BCUT2D eigenvalue weighted by Crippen LogP contribution is 2.44. The Labute approximate surface area is 105 Å². The van der Waals surface area contributed by atoms with Crippen LogP contribution in [-0.2, 0) is 5.79 Å². The Hall–Kier alpha value is -1.81. The van der Waals surface area contributed by atoms with Gasteiger partial charge in [-0.1, -0.05) is 0 Å². The Kier molecular flexibility index (Phi) is 2.99. The summed E-state index contributed by atoms with van der Waals surface area (Å²) in [5, 5.41) is 18.6. The van der Waals surface area contributed by atoms with Gasteiger partial charge in [-0.05, 0) is 0 Å². The van der Waals surface area contributed by atoms with E-state index in [9.17, 15) is 40.9 Å². The van der Waals surface area contributed by atoms with Gasteiger partial charge in [0.25, 0.3) is 0 Å². The molecular formula is C10H3F7O3. The number of fused-ring (bicyclic) bond motifs is 1. The third kappa shape index (κ3) is 2.00. The molecule has 0 unspecified atom stereocenters. The number of hydrogen-bond acceptors (Lipinski definition) is 3. The first kappa shape index (κ1) is 14.6. The monoisotopic (exact) mass is 304 g/mol. The average molecular weight is 304 g/mol. The minimum atomic E-state index is -5.29. The molecule has 20 heavy (non-hydrogen) atoms. The quantitative estimate of drug-likeness (QED) is 0.334. The number of ether oxygens (including phenoxy) is 1. The highest BCUT2D eigenvalue weighted by molar-refractivity contribution is 5.46. The van der Waals surface area contributed by atoms with Gasteiger partial charge in [0.15, 0.2) is 17.4 Å². The summed E-state index contributed by atoms with van der Waals surface area (Å²) in [4.78, 5) is 0. The Morgan fingerprint density at radius 1 is 0.900 bits per heavy atom. The number of halogens is 7. The van der Waals surface area contributed by atoms with Crippen molar-refractivity contribution in [2.24, 2.45) is 0 Å². The van der Waals surface area contributed by atoms with Gasteiger partial charge in [-0.3, -0.25) is 0 Å². The van der Waals surface area contributed by atoms with Crippen molar-refractivity contribution in [3.8, 4) is 5.75 Å². The Balaban J connectivity index is 2.77. The van der Waals surface area contributed by atoms with Crippen LogP contribution in [0.25, 0.3) is 0 Å². The maximum Gasteiger partial charge on any atom is 0.449 e. The first-order valence-corrected chi connectivity index (χ1v) is 4.76. The number of alkyl halides is 3. The molecule has 2 rings (SSSR count). The minimum absolute atomic E-state index is 0.408. The van der Waals surface area contributed by atoms with E-state index in [2.05, 4.69) is 4.74 Å². The molecule has 0 amide bonds. The Bertz CT molecular complexity index is 619. The highest BCUT2D eigenvalue weighted by Gasteiger charge is 2.48. The minimum Gasteiger partial charge on any atom is -0.448 e. The lowest BCUT2D eigenvalue weighted by Gasteiger charge is -2.29. The van der Waals surface area contributed by atoms with Gasteiger partial charge in [-0.25, -0.2) is 13.2 Å². The lowest BCUT2D eigenvalue weighted by atomic mass is 9.99. The van der Waals surface area contributed by atoms with Crippen molar-refractivity contribution in [2.75, 3.05) is 0 Å². The van der Waals surface area contributed by atoms with Crippen LogP contribution in [0.4, 0.5) is 30.7 Å². The van der Waals surface area contributed by atoms with Gasteiger partial charge in [0.1, 0.15) is 0 Å². The smallest absolute Gasteiger partial charge is 0.448 e. The summed E-state index contributed by atoms with van der Waals surface area (Å²) in [6.45, 7) is 0. The molecule has 0 atom stereocenters. The molecule has 0 aromatic heterocycles. The first-order valence-electron chi connectivity index (χ1n) is 4.76. The predicted molar refractivity (Wildman–Crippen MR) is 47.2 cm³/mol. The molecule has 1 heterocycles. The summed E-state index contributed by atoms with van der Waals surface area (Å²) in [5.74, 6) is -17.1. The van der Waals surface area contributed by atoms with Gasteiger partial charge in [-0.2, -0.15) is 17.6 Å². The van der Waals surface area contributed by atoms with Crippen LogP contribution in [0.5, 0.6) is 5.75 Å². The van der Waals surface area contributed by atoms with E-state index in [-0.39, 0.29) is 0 Å². The SMILES string of the molecule is OC1(O)C=C(C(F)(F)F)Oc2c(F)c(F)c(F)c(F)c21. The number of hydrogen-bond donors (Lipinski definition) is 2. The fourth-order valence-electron chi connectivity index (χ4n) is 1.57. The van der Waals surface area contributed by atoms with Crippen molar-refractivity contribution in [3.05, 3.63) is 40.7 Å². The first-order chi connectivity index (χ1) is 8.97. The highest BCUT2D eigenvalue weighted by atomic mass is 19.4. The molecule has 0 aliphatic carbocycles. The molecule has 110 valence electrons. The van der Waals surface area contributed by atoms with E-state index in [0.29, 0.717) is 0 Å². The fraction of sp³-hybridized carbons (Fsp3) is 0.200. The molecule has 0 spiro atoms. The normalized spacial score (nSPS) is 17.4. The van der Waals surface area contributed by atoms with Crippen molar-refractivity contribution in [1.29, 1.82) is 0 Å². The number of rotatable bonds is 0. The van der Waals surface area contributed by atoms with Crippen molar-refractivity contribution in [1.82, 2.24) is 0 Å². The van der Waals surface area contributed by atoms with E-state index in [0.717, 1.165) is 0 Å². The second kappa shape index (κ2) is 4.09. The molecule has 2 N–H and O–H groups in total. The van der Waals surface area contributed by atoms with Crippen LogP contribution in [-0.4, -0.2) is 16.4 Å². The molecule has 0 fully saturated rings. The van der Waals surface area contributed by atoms with Crippen LogP contribution in [0.1, 0.15) is 5.56 Å². The average Bonchev–Trinajstić information content (AvgIpc) is 2.30. The van der Waals surface area contributed by atoms with Gasteiger partial charge >= 0.3 is 6.18 Å². The van der Waals surface area contributed by atoms with Crippen LogP contribution in [0.2, 0.25) is 0 Å². The van der Waals surface area contributed by atoms with Crippen LogP contribution in [0, 0.1) is 23.3 Å². The van der Waals surface area contributed by atoms with Crippen molar-refractivity contribution in [3.63, 3.8) is 0 Å². The molecule has 0 saturated carbocycles. The zero-order chi connectivity index (χ0) is 15.5. The molecule has 3 nitrogen and oxygen atoms in total. The second-order valence-electron chi connectivity index (χ2n) is 3.79. The van der Waals surface area contributed by atoms with E-state index in [1.165, 1.54) is 0 Å². The van der Waals surface area contributed by atoms with Gasteiger partial charge < -0.3 is 14.9 Å². The van der Waals surface area contributed by atoms with Crippen molar-refractivity contribution in [2.45, 2.75) is 12.0 Å². The predicted octanol–water partition coefficient (Wildman–Crippen LogP) is 2.22. The fourth-order valence-corrected chi connectivity index (χ4v) is 1.57. The Morgan fingerprint density at radius 2 is 1.40 bits per heavy atom. The third-order valence-corrected chi connectivity index (χ3v) is 2.42.